The number of aliphatic hydroxyl groups excluding tert-OH is 1. The number of rotatable bonds is 60. The second-order valence-electron chi connectivity index (χ2n) is 22.2. The van der Waals surface area contributed by atoms with E-state index < -0.39 is 97.5 Å². The molecule has 0 saturated carbocycles. The zero-order valence-electron chi connectivity index (χ0n) is 50.5. The zero-order valence-corrected chi connectivity index (χ0v) is 52.3. The molecule has 0 heterocycles. The topological polar surface area (TPSA) is 237 Å². The lowest BCUT2D eigenvalue weighted by Gasteiger charge is -2.21. The van der Waals surface area contributed by atoms with Crippen molar-refractivity contribution in [2.24, 2.45) is 5.92 Å². The molecule has 0 aliphatic carbocycles. The van der Waals surface area contributed by atoms with Crippen LogP contribution in [0.3, 0.4) is 0 Å². The predicted octanol–water partition coefficient (Wildman–Crippen LogP) is 16.2. The van der Waals surface area contributed by atoms with Crippen molar-refractivity contribution in [3.63, 3.8) is 0 Å². The van der Waals surface area contributed by atoms with Gasteiger partial charge in [0.2, 0.25) is 0 Å². The number of carbonyl (C=O) groups excluding carboxylic acids is 4. The van der Waals surface area contributed by atoms with E-state index in [0.29, 0.717) is 25.7 Å². The maximum absolute atomic E-state index is 12.9. The van der Waals surface area contributed by atoms with Gasteiger partial charge in [0.05, 0.1) is 26.4 Å². The first-order valence-corrected chi connectivity index (χ1v) is 34.6. The van der Waals surface area contributed by atoms with Crippen LogP contribution in [0.1, 0.15) is 298 Å². The van der Waals surface area contributed by atoms with Gasteiger partial charge in [-0.05, 0) is 31.6 Å². The Labute approximate surface area is 479 Å². The Hall–Kier alpha value is -1.94. The van der Waals surface area contributed by atoms with E-state index in [9.17, 15) is 43.2 Å². The molecule has 0 aromatic rings. The Morgan fingerprint density at radius 1 is 0.342 bits per heavy atom. The van der Waals surface area contributed by atoms with Gasteiger partial charge in [0.25, 0.3) is 0 Å². The minimum absolute atomic E-state index is 0.103. The number of phosphoric acid groups is 2. The molecule has 19 heteroatoms. The summed E-state index contributed by atoms with van der Waals surface area (Å²) in [6.45, 7) is 7.04. The van der Waals surface area contributed by atoms with Crippen molar-refractivity contribution < 1.29 is 80.2 Å². The Kier molecular flexibility index (Phi) is 52.7. The fraction of sp³-hybridized carbons (Fsp3) is 0.933. The zero-order chi connectivity index (χ0) is 58.5. The lowest BCUT2D eigenvalue weighted by Crippen LogP contribution is -2.30. The Balaban J connectivity index is 5.16. The summed E-state index contributed by atoms with van der Waals surface area (Å²) < 4.78 is 67.5. The summed E-state index contributed by atoms with van der Waals surface area (Å²) in [7, 11) is -9.86. The SMILES string of the molecule is CCCCCCCCCCCCCCCC(=O)OC[C@H](COP(=O)(O)OC[C@@H](O)COP(=O)(O)OC[C@@H](COC(=O)CCCCCCC)OC(=O)CCCCCCCCC)OC(=O)CCCCCCCCCCCCCC(C)C. The van der Waals surface area contributed by atoms with Crippen molar-refractivity contribution in [2.45, 2.75) is 316 Å². The minimum Gasteiger partial charge on any atom is -0.462 e. The second-order valence-corrected chi connectivity index (χ2v) is 25.1. The van der Waals surface area contributed by atoms with Crippen LogP contribution in [0.5, 0.6) is 0 Å². The number of carbonyl (C=O) groups is 4. The number of ether oxygens (including phenoxy) is 4. The first-order valence-electron chi connectivity index (χ1n) is 31.6. The van der Waals surface area contributed by atoms with Gasteiger partial charge < -0.3 is 33.8 Å². The molecule has 2 unspecified atom stereocenters. The summed E-state index contributed by atoms with van der Waals surface area (Å²) in [4.78, 5) is 71.7. The van der Waals surface area contributed by atoms with Crippen molar-refractivity contribution in [1.29, 1.82) is 0 Å². The van der Waals surface area contributed by atoms with Crippen LogP contribution in [0.15, 0.2) is 0 Å². The molecule has 0 aromatic heterocycles. The normalized spacial score (nSPS) is 14.3. The molecule has 0 spiro atoms. The molecule has 0 saturated heterocycles. The van der Waals surface area contributed by atoms with Crippen LogP contribution in [-0.2, 0) is 65.4 Å². The maximum atomic E-state index is 12.9. The van der Waals surface area contributed by atoms with E-state index in [2.05, 4.69) is 34.6 Å². The van der Waals surface area contributed by atoms with E-state index in [4.69, 9.17) is 37.0 Å². The van der Waals surface area contributed by atoms with E-state index >= 15 is 0 Å². The van der Waals surface area contributed by atoms with Crippen LogP contribution in [0.4, 0.5) is 0 Å². The number of hydrogen-bond acceptors (Lipinski definition) is 15. The van der Waals surface area contributed by atoms with Gasteiger partial charge in [0.15, 0.2) is 12.2 Å². The second kappa shape index (κ2) is 54.0. The van der Waals surface area contributed by atoms with E-state index in [-0.39, 0.29) is 25.7 Å². The molecule has 79 heavy (non-hydrogen) atoms. The monoisotopic (exact) mass is 1170 g/mol. The van der Waals surface area contributed by atoms with E-state index in [1.54, 1.807) is 0 Å². The van der Waals surface area contributed by atoms with E-state index in [1.807, 2.05) is 0 Å². The molecule has 0 fully saturated rings. The third-order valence-electron chi connectivity index (χ3n) is 13.8. The fourth-order valence-corrected chi connectivity index (χ4v) is 10.5. The van der Waals surface area contributed by atoms with Crippen LogP contribution < -0.4 is 0 Å². The summed E-state index contributed by atoms with van der Waals surface area (Å²) >= 11 is 0. The highest BCUT2D eigenvalue weighted by molar-refractivity contribution is 7.47. The van der Waals surface area contributed by atoms with Crippen molar-refractivity contribution in [2.75, 3.05) is 39.6 Å². The van der Waals surface area contributed by atoms with Gasteiger partial charge in [-0.25, -0.2) is 9.13 Å². The van der Waals surface area contributed by atoms with Gasteiger partial charge in [-0.3, -0.25) is 37.3 Å². The molecule has 0 amide bonds. The third kappa shape index (κ3) is 55.0. The smallest absolute Gasteiger partial charge is 0.462 e. The molecule has 0 rings (SSSR count). The molecule has 0 aliphatic heterocycles. The summed E-state index contributed by atoms with van der Waals surface area (Å²) in [5, 5.41) is 10.5. The number of phosphoric ester groups is 2. The molecule has 5 atom stereocenters. The third-order valence-corrected chi connectivity index (χ3v) is 15.7. The Morgan fingerprint density at radius 3 is 0.861 bits per heavy atom. The number of aliphatic hydroxyl groups is 1. The first kappa shape index (κ1) is 77.1. The Bertz CT molecular complexity index is 1550. The van der Waals surface area contributed by atoms with Gasteiger partial charge >= 0.3 is 39.5 Å². The quantitative estimate of drug-likeness (QED) is 0.0222. The van der Waals surface area contributed by atoms with Crippen molar-refractivity contribution >= 4 is 39.5 Å². The van der Waals surface area contributed by atoms with Crippen molar-refractivity contribution in [1.82, 2.24) is 0 Å². The highest BCUT2D eigenvalue weighted by Gasteiger charge is 2.30. The highest BCUT2D eigenvalue weighted by atomic mass is 31.2. The summed E-state index contributed by atoms with van der Waals surface area (Å²) in [6, 6.07) is 0. The summed E-state index contributed by atoms with van der Waals surface area (Å²) in [5.74, 6) is -1.39. The van der Waals surface area contributed by atoms with Crippen molar-refractivity contribution in [3.8, 4) is 0 Å². The molecule has 3 N–H and O–H groups in total. The maximum Gasteiger partial charge on any atom is 0.472 e. The minimum atomic E-state index is -4.94. The van der Waals surface area contributed by atoms with Crippen LogP contribution in [0, 0.1) is 5.92 Å². The average Bonchev–Trinajstić information content (AvgIpc) is 3.41. The van der Waals surface area contributed by atoms with Gasteiger partial charge in [0.1, 0.15) is 19.3 Å². The molecule has 468 valence electrons. The van der Waals surface area contributed by atoms with Crippen LogP contribution >= 0.6 is 15.6 Å². The van der Waals surface area contributed by atoms with Crippen LogP contribution in [-0.4, -0.2) is 96.7 Å². The summed E-state index contributed by atoms with van der Waals surface area (Å²) in [5.41, 5.74) is 0. The van der Waals surface area contributed by atoms with E-state index in [1.165, 1.54) is 103 Å². The molecule has 0 aliphatic rings. The predicted molar refractivity (Wildman–Crippen MR) is 312 cm³/mol. The molecule has 0 bridgehead atoms. The largest absolute Gasteiger partial charge is 0.472 e. The molecule has 0 aromatic carbocycles. The lowest BCUT2D eigenvalue weighted by atomic mass is 10.0. The highest BCUT2D eigenvalue weighted by Crippen LogP contribution is 2.45. The lowest BCUT2D eigenvalue weighted by molar-refractivity contribution is -0.161. The van der Waals surface area contributed by atoms with Crippen LogP contribution in [0.25, 0.3) is 0 Å². The van der Waals surface area contributed by atoms with Gasteiger partial charge in [-0.2, -0.15) is 0 Å². The van der Waals surface area contributed by atoms with E-state index in [0.717, 1.165) is 115 Å². The number of esters is 4. The van der Waals surface area contributed by atoms with Gasteiger partial charge in [-0.15, -0.1) is 0 Å². The number of hydrogen-bond donors (Lipinski definition) is 3. The average molecular weight is 1170 g/mol. The molecule has 17 nitrogen and oxygen atoms in total. The summed E-state index contributed by atoms with van der Waals surface area (Å²) in [6.07, 6.45) is 36.6. The molecular formula is C60H116O17P2. The molecular weight excluding hydrogens is 1050 g/mol. The first-order chi connectivity index (χ1) is 38.0. The Morgan fingerprint density at radius 2 is 0.582 bits per heavy atom. The van der Waals surface area contributed by atoms with Gasteiger partial charge in [-0.1, -0.05) is 247 Å². The number of unbranched alkanes of at least 4 members (excludes halogenated alkanes) is 32. The van der Waals surface area contributed by atoms with Crippen molar-refractivity contribution in [3.05, 3.63) is 0 Å². The van der Waals surface area contributed by atoms with Crippen LogP contribution in [0.2, 0.25) is 0 Å². The standard InChI is InChI=1S/C60H116O17P2/c1-6-9-12-15-17-18-19-20-23-26-30-34-39-44-58(63)71-50-56(77-60(65)46-41-36-31-27-24-21-22-25-29-33-37-42-53(4)5)52-75-79(68,69)73-48-54(61)47-72-78(66,67)74-51-55(49-70-57(62)43-38-32-14-11-8-3)76-59(64)45-40-35-28-16-13-10-7-2/h53-56,61H,6-52H2,1-5H3,(H,66,67)(H,68,69)/t54-,55+,56+/m0/s1. The van der Waals surface area contributed by atoms with Gasteiger partial charge in [0, 0.05) is 25.7 Å². The fourth-order valence-electron chi connectivity index (χ4n) is 8.88. The molecule has 0 radical (unpaired) electrons.